The van der Waals surface area contributed by atoms with Gasteiger partial charge in [0.1, 0.15) is 11.5 Å². The SMILES string of the molecule is CC1=C(C(=O)Nc2ccccc2C)[C@H](c2ccc(Cl)cc2)n2c(s/c(=C/c3ccc(-c4cccc(Cl)c4)o3)c2=O)=N1. The lowest BCUT2D eigenvalue weighted by atomic mass is 9.95. The van der Waals surface area contributed by atoms with Gasteiger partial charge in [-0.2, -0.15) is 0 Å². The zero-order valence-electron chi connectivity index (χ0n) is 22.0. The molecule has 1 atom stereocenters. The number of furan rings is 1. The molecule has 0 radical (unpaired) electrons. The van der Waals surface area contributed by atoms with Crippen LogP contribution in [0.2, 0.25) is 10.0 Å². The summed E-state index contributed by atoms with van der Waals surface area (Å²) >= 11 is 13.6. The maximum absolute atomic E-state index is 13.9. The lowest BCUT2D eigenvalue weighted by Crippen LogP contribution is -2.40. The number of thiazole rings is 1. The molecule has 0 aliphatic carbocycles. The van der Waals surface area contributed by atoms with Crippen LogP contribution in [0.4, 0.5) is 5.69 Å². The van der Waals surface area contributed by atoms with Gasteiger partial charge in [-0.3, -0.25) is 14.2 Å². The van der Waals surface area contributed by atoms with Crippen LogP contribution in [-0.2, 0) is 4.79 Å². The molecule has 5 aromatic rings. The number of benzene rings is 3. The van der Waals surface area contributed by atoms with Gasteiger partial charge in [-0.15, -0.1) is 0 Å². The maximum Gasteiger partial charge on any atom is 0.271 e. The molecular weight excluding hydrogens is 577 g/mol. The Labute approximate surface area is 249 Å². The van der Waals surface area contributed by atoms with Gasteiger partial charge in [0.2, 0.25) is 0 Å². The van der Waals surface area contributed by atoms with Crippen LogP contribution in [0.25, 0.3) is 17.4 Å². The molecule has 0 spiro atoms. The highest BCUT2D eigenvalue weighted by molar-refractivity contribution is 7.07. The van der Waals surface area contributed by atoms with Crippen LogP contribution in [0.1, 0.15) is 29.9 Å². The summed E-state index contributed by atoms with van der Waals surface area (Å²) in [5.74, 6) is 0.824. The van der Waals surface area contributed by atoms with Crippen molar-refractivity contribution < 1.29 is 9.21 Å². The van der Waals surface area contributed by atoms with Crippen molar-refractivity contribution in [3.8, 4) is 11.3 Å². The molecule has 41 heavy (non-hydrogen) atoms. The van der Waals surface area contributed by atoms with E-state index in [4.69, 9.17) is 32.6 Å². The van der Waals surface area contributed by atoms with Gasteiger partial charge >= 0.3 is 0 Å². The Morgan fingerprint density at radius 3 is 2.51 bits per heavy atom. The zero-order chi connectivity index (χ0) is 28.7. The molecule has 204 valence electrons. The molecule has 0 unspecified atom stereocenters. The average Bonchev–Trinajstić information content (AvgIpc) is 3.54. The molecular formula is C32H23Cl2N3O3S. The van der Waals surface area contributed by atoms with Crippen molar-refractivity contribution in [2.75, 3.05) is 5.32 Å². The Balaban J connectivity index is 1.45. The second-order valence-electron chi connectivity index (χ2n) is 9.61. The fraction of sp³-hybridized carbons (Fsp3) is 0.0938. The van der Waals surface area contributed by atoms with Crippen LogP contribution in [0.15, 0.2) is 110 Å². The van der Waals surface area contributed by atoms with Crippen molar-refractivity contribution in [2.24, 2.45) is 4.99 Å². The Morgan fingerprint density at radius 2 is 1.76 bits per heavy atom. The van der Waals surface area contributed by atoms with E-state index in [-0.39, 0.29) is 11.5 Å². The third kappa shape index (κ3) is 5.32. The first-order chi connectivity index (χ1) is 19.8. The van der Waals surface area contributed by atoms with E-state index < -0.39 is 6.04 Å². The lowest BCUT2D eigenvalue weighted by Gasteiger charge is -2.25. The number of fused-ring (bicyclic) bond motifs is 1. The van der Waals surface area contributed by atoms with E-state index in [1.165, 1.54) is 11.3 Å². The van der Waals surface area contributed by atoms with Gasteiger partial charge in [-0.1, -0.05) is 77.0 Å². The number of rotatable bonds is 5. The molecule has 3 aromatic carbocycles. The highest BCUT2D eigenvalue weighted by Gasteiger charge is 2.32. The predicted octanol–water partition coefficient (Wildman–Crippen LogP) is 6.75. The standard InChI is InChI=1S/C32H23Cl2N3O3S/c1-18-6-3-4-9-25(18)36-30(38)28-19(2)35-32-37(29(28)20-10-12-22(33)13-11-20)31(39)27(41-32)17-24-14-15-26(40-24)21-7-5-8-23(34)16-21/h3-17,29H,1-2H3,(H,36,38)/b27-17+/t29-/m0/s1. The second-order valence-corrected chi connectivity index (χ2v) is 11.5. The zero-order valence-corrected chi connectivity index (χ0v) is 24.3. The summed E-state index contributed by atoms with van der Waals surface area (Å²) in [6.07, 6.45) is 1.70. The van der Waals surface area contributed by atoms with Gasteiger partial charge in [0.05, 0.1) is 21.8 Å². The van der Waals surface area contributed by atoms with E-state index >= 15 is 0 Å². The monoisotopic (exact) mass is 599 g/mol. The van der Waals surface area contributed by atoms with Crippen LogP contribution in [0.3, 0.4) is 0 Å². The van der Waals surface area contributed by atoms with Crippen LogP contribution >= 0.6 is 34.5 Å². The lowest BCUT2D eigenvalue weighted by molar-refractivity contribution is -0.113. The van der Waals surface area contributed by atoms with Crippen molar-refractivity contribution in [1.29, 1.82) is 0 Å². The fourth-order valence-electron chi connectivity index (χ4n) is 4.83. The first-order valence-electron chi connectivity index (χ1n) is 12.8. The van der Waals surface area contributed by atoms with Gasteiger partial charge < -0.3 is 9.73 Å². The number of hydrogen-bond donors (Lipinski definition) is 1. The summed E-state index contributed by atoms with van der Waals surface area (Å²) in [7, 11) is 0. The molecule has 0 bridgehead atoms. The van der Waals surface area contributed by atoms with Gasteiger partial charge in [0.25, 0.3) is 11.5 Å². The highest BCUT2D eigenvalue weighted by atomic mass is 35.5. The van der Waals surface area contributed by atoms with Crippen molar-refractivity contribution in [3.05, 3.63) is 143 Å². The number of halogens is 2. The number of aromatic nitrogens is 1. The minimum absolute atomic E-state index is 0.275. The molecule has 1 aliphatic rings. The molecule has 1 amide bonds. The summed E-state index contributed by atoms with van der Waals surface area (Å²) in [6.45, 7) is 3.71. The molecule has 1 aliphatic heterocycles. The number of carbonyl (C=O) groups is 1. The van der Waals surface area contributed by atoms with Crippen molar-refractivity contribution >= 4 is 52.2 Å². The van der Waals surface area contributed by atoms with Gasteiger partial charge in [-0.05, 0) is 67.4 Å². The third-order valence-electron chi connectivity index (χ3n) is 6.85. The molecule has 0 saturated carbocycles. The number of allylic oxidation sites excluding steroid dienone is 1. The molecule has 3 heterocycles. The summed E-state index contributed by atoms with van der Waals surface area (Å²) in [5.41, 5.74) is 3.84. The number of anilines is 1. The number of aryl methyl sites for hydroxylation is 1. The van der Waals surface area contributed by atoms with Gasteiger partial charge in [0.15, 0.2) is 4.80 Å². The van der Waals surface area contributed by atoms with Gasteiger partial charge in [-0.25, -0.2) is 4.99 Å². The molecule has 6 rings (SSSR count). The minimum Gasteiger partial charge on any atom is -0.457 e. The van der Waals surface area contributed by atoms with Crippen LogP contribution in [-0.4, -0.2) is 10.5 Å². The van der Waals surface area contributed by atoms with E-state index in [1.54, 1.807) is 41.8 Å². The molecule has 0 fully saturated rings. The summed E-state index contributed by atoms with van der Waals surface area (Å²) < 4.78 is 8.03. The van der Waals surface area contributed by atoms with Crippen LogP contribution in [0, 0.1) is 6.92 Å². The van der Waals surface area contributed by atoms with Crippen molar-refractivity contribution in [1.82, 2.24) is 4.57 Å². The van der Waals surface area contributed by atoms with Crippen LogP contribution < -0.4 is 20.2 Å². The van der Waals surface area contributed by atoms with Gasteiger partial charge in [0, 0.05) is 27.4 Å². The molecule has 1 N–H and O–H groups in total. The number of amides is 1. The summed E-state index contributed by atoms with van der Waals surface area (Å²) in [6, 6.07) is 25.0. The number of hydrogen-bond acceptors (Lipinski definition) is 5. The van der Waals surface area contributed by atoms with E-state index in [0.29, 0.717) is 47.9 Å². The van der Waals surface area contributed by atoms with E-state index in [9.17, 15) is 9.59 Å². The topological polar surface area (TPSA) is 76.6 Å². The average molecular weight is 601 g/mol. The third-order valence-corrected chi connectivity index (χ3v) is 8.32. The Kier molecular flexibility index (Phi) is 7.26. The normalized spacial score (nSPS) is 15.0. The number of nitrogens with zero attached hydrogens (tertiary/aromatic N) is 2. The first kappa shape index (κ1) is 27.0. The predicted molar refractivity (Wildman–Crippen MR) is 164 cm³/mol. The summed E-state index contributed by atoms with van der Waals surface area (Å²) in [4.78, 5) is 32.9. The van der Waals surface area contributed by atoms with E-state index in [1.807, 2.05) is 67.6 Å². The molecule has 6 nitrogen and oxygen atoms in total. The number of para-hydroxylation sites is 1. The highest BCUT2D eigenvalue weighted by Crippen LogP contribution is 2.32. The van der Waals surface area contributed by atoms with Crippen molar-refractivity contribution in [3.63, 3.8) is 0 Å². The smallest absolute Gasteiger partial charge is 0.271 e. The number of nitrogens with one attached hydrogen (secondary N) is 1. The molecule has 0 saturated heterocycles. The fourth-order valence-corrected chi connectivity index (χ4v) is 6.17. The first-order valence-corrected chi connectivity index (χ1v) is 14.4. The Bertz CT molecular complexity index is 2020. The van der Waals surface area contributed by atoms with Crippen LogP contribution in [0.5, 0.6) is 0 Å². The maximum atomic E-state index is 13.9. The van der Waals surface area contributed by atoms with Crippen molar-refractivity contribution in [2.45, 2.75) is 19.9 Å². The summed E-state index contributed by atoms with van der Waals surface area (Å²) in [5, 5.41) is 4.18. The Morgan fingerprint density at radius 1 is 0.976 bits per heavy atom. The quantitative estimate of drug-likeness (QED) is 0.243. The Hall–Kier alpha value is -4.17. The van der Waals surface area contributed by atoms with E-state index in [2.05, 4.69) is 5.32 Å². The largest absolute Gasteiger partial charge is 0.457 e. The minimum atomic E-state index is -0.701. The van der Waals surface area contributed by atoms with E-state index in [0.717, 1.165) is 16.7 Å². The molecule has 2 aromatic heterocycles. The number of carbonyl (C=O) groups excluding carboxylic acids is 1. The molecule has 9 heteroatoms. The second kappa shape index (κ2) is 11.0.